The van der Waals surface area contributed by atoms with Crippen molar-refractivity contribution in [3.63, 3.8) is 0 Å². The molecule has 144 valence electrons. The molecule has 0 radical (unpaired) electrons. The topological polar surface area (TPSA) is 88.9 Å². The predicted molar refractivity (Wildman–Crippen MR) is 109 cm³/mol. The SMILES string of the molecule is Cc1ccc(C)c(NC(=O)c2nnn(CC(=O)Nc3cccc(Cl)c3)c2C)c1. The van der Waals surface area contributed by atoms with Crippen molar-refractivity contribution in [3.05, 3.63) is 70.0 Å². The summed E-state index contributed by atoms with van der Waals surface area (Å²) in [5.74, 6) is -0.663. The van der Waals surface area contributed by atoms with Crippen molar-refractivity contribution >= 4 is 34.8 Å². The highest BCUT2D eigenvalue weighted by molar-refractivity contribution is 6.30. The molecule has 1 aromatic heterocycles. The Morgan fingerprint density at radius 1 is 1.07 bits per heavy atom. The van der Waals surface area contributed by atoms with E-state index < -0.39 is 0 Å². The van der Waals surface area contributed by atoms with Gasteiger partial charge in [0.15, 0.2) is 5.69 Å². The van der Waals surface area contributed by atoms with Gasteiger partial charge in [0.05, 0.1) is 5.69 Å². The Balaban J connectivity index is 1.70. The zero-order valence-electron chi connectivity index (χ0n) is 15.8. The third kappa shape index (κ3) is 4.55. The van der Waals surface area contributed by atoms with Gasteiger partial charge in [-0.15, -0.1) is 5.10 Å². The first-order valence-corrected chi connectivity index (χ1v) is 9.05. The van der Waals surface area contributed by atoms with Crippen LogP contribution in [0.15, 0.2) is 42.5 Å². The van der Waals surface area contributed by atoms with E-state index in [1.807, 2.05) is 32.0 Å². The lowest BCUT2D eigenvalue weighted by Crippen LogP contribution is -2.21. The molecule has 0 spiro atoms. The second-order valence-corrected chi connectivity index (χ2v) is 6.95. The zero-order valence-corrected chi connectivity index (χ0v) is 16.5. The van der Waals surface area contributed by atoms with Gasteiger partial charge in [-0.3, -0.25) is 9.59 Å². The van der Waals surface area contributed by atoms with Crippen molar-refractivity contribution in [1.82, 2.24) is 15.0 Å². The third-order valence-corrected chi connectivity index (χ3v) is 4.48. The van der Waals surface area contributed by atoms with Gasteiger partial charge in [-0.2, -0.15) is 0 Å². The van der Waals surface area contributed by atoms with Crippen LogP contribution >= 0.6 is 11.6 Å². The average Bonchev–Trinajstić information content (AvgIpc) is 2.98. The standard InChI is InChI=1S/C20H20ClN5O2/c1-12-7-8-13(2)17(9-12)23-20(28)19-14(3)26(25-24-19)11-18(27)22-16-6-4-5-15(21)10-16/h4-10H,11H2,1-3H3,(H,22,27)(H,23,28). The molecule has 0 aliphatic carbocycles. The Bertz CT molecular complexity index is 1040. The molecule has 3 aromatic rings. The van der Waals surface area contributed by atoms with Gasteiger partial charge in [-0.1, -0.05) is 35.0 Å². The number of anilines is 2. The Morgan fingerprint density at radius 3 is 2.61 bits per heavy atom. The summed E-state index contributed by atoms with van der Waals surface area (Å²) >= 11 is 5.92. The molecule has 2 aromatic carbocycles. The summed E-state index contributed by atoms with van der Waals surface area (Å²) in [7, 11) is 0. The molecule has 0 bridgehead atoms. The van der Waals surface area contributed by atoms with Crippen LogP contribution in [0.4, 0.5) is 11.4 Å². The molecule has 0 aliphatic heterocycles. The van der Waals surface area contributed by atoms with Gasteiger partial charge in [-0.25, -0.2) is 4.68 Å². The van der Waals surface area contributed by atoms with Crippen molar-refractivity contribution in [2.45, 2.75) is 27.3 Å². The van der Waals surface area contributed by atoms with Gasteiger partial charge in [-0.05, 0) is 56.2 Å². The number of nitrogens with one attached hydrogen (secondary N) is 2. The maximum atomic E-state index is 12.6. The number of rotatable bonds is 5. The molecule has 1 heterocycles. The second-order valence-electron chi connectivity index (χ2n) is 6.51. The van der Waals surface area contributed by atoms with Crippen molar-refractivity contribution < 1.29 is 9.59 Å². The molecule has 7 nitrogen and oxygen atoms in total. The number of halogens is 1. The number of hydrogen-bond acceptors (Lipinski definition) is 4. The van der Waals surface area contributed by atoms with Crippen LogP contribution in [0, 0.1) is 20.8 Å². The smallest absolute Gasteiger partial charge is 0.278 e. The van der Waals surface area contributed by atoms with Gasteiger partial charge in [0.25, 0.3) is 5.91 Å². The van der Waals surface area contributed by atoms with Crippen LogP contribution in [-0.4, -0.2) is 26.8 Å². The van der Waals surface area contributed by atoms with E-state index in [0.717, 1.165) is 16.8 Å². The van der Waals surface area contributed by atoms with Gasteiger partial charge in [0.2, 0.25) is 5.91 Å². The van der Waals surface area contributed by atoms with Gasteiger partial charge >= 0.3 is 0 Å². The number of aromatic nitrogens is 3. The third-order valence-electron chi connectivity index (χ3n) is 4.24. The number of benzene rings is 2. The highest BCUT2D eigenvalue weighted by Crippen LogP contribution is 2.18. The number of aryl methyl sites for hydroxylation is 2. The highest BCUT2D eigenvalue weighted by atomic mass is 35.5. The molecule has 2 N–H and O–H groups in total. The molecule has 0 unspecified atom stereocenters. The van der Waals surface area contributed by atoms with Crippen LogP contribution in [0.1, 0.15) is 27.3 Å². The molecule has 0 aliphatic rings. The molecule has 0 saturated heterocycles. The van der Waals surface area contributed by atoms with E-state index in [0.29, 0.717) is 16.4 Å². The highest BCUT2D eigenvalue weighted by Gasteiger charge is 2.18. The van der Waals surface area contributed by atoms with Crippen LogP contribution in [-0.2, 0) is 11.3 Å². The fourth-order valence-electron chi connectivity index (χ4n) is 2.68. The van der Waals surface area contributed by atoms with Crippen molar-refractivity contribution in [3.8, 4) is 0 Å². The van der Waals surface area contributed by atoms with E-state index >= 15 is 0 Å². The van der Waals surface area contributed by atoms with E-state index in [1.54, 1.807) is 31.2 Å². The molecule has 0 saturated carbocycles. The Kier molecular flexibility index (Phi) is 5.75. The van der Waals surface area contributed by atoms with Crippen LogP contribution in [0.2, 0.25) is 5.02 Å². The number of hydrogen-bond donors (Lipinski definition) is 2. The molecular weight excluding hydrogens is 378 g/mol. The summed E-state index contributed by atoms with van der Waals surface area (Å²) in [5.41, 5.74) is 3.98. The summed E-state index contributed by atoms with van der Waals surface area (Å²) in [6.45, 7) is 5.50. The summed E-state index contributed by atoms with van der Waals surface area (Å²) in [6, 6.07) is 12.7. The second kappa shape index (κ2) is 8.22. The monoisotopic (exact) mass is 397 g/mol. The van der Waals surface area contributed by atoms with E-state index in [2.05, 4.69) is 20.9 Å². The lowest BCUT2D eigenvalue weighted by Gasteiger charge is -2.09. The van der Waals surface area contributed by atoms with Gasteiger partial charge in [0, 0.05) is 16.4 Å². The quantitative estimate of drug-likeness (QED) is 0.686. The minimum Gasteiger partial charge on any atom is -0.324 e. The summed E-state index contributed by atoms with van der Waals surface area (Å²) in [4.78, 5) is 24.8. The van der Waals surface area contributed by atoms with Crippen LogP contribution < -0.4 is 10.6 Å². The lowest BCUT2D eigenvalue weighted by atomic mass is 10.1. The Morgan fingerprint density at radius 2 is 1.86 bits per heavy atom. The molecule has 28 heavy (non-hydrogen) atoms. The molecule has 0 atom stereocenters. The molecule has 2 amide bonds. The summed E-state index contributed by atoms with van der Waals surface area (Å²) in [6.07, 6.45) is 0. The van der Waals surface area contributed by atoms with Crippen LogP contribution in [0.3, 0.4) is 0 Å². The van der Waals surface area contributed by atoms with Gasteiger partial charge < -0.3 is 10.6 Å². The minimum absolute atomic E-state index is 0.0674. The summed E-state index contributed by atoms with van der Waals surface area (Å²) < 4.78 is 1.39. The average molecular weight is 398 g/mol. The predicted octanol–water partition coefficient (Wildman–Crippen LogP) is 3.75. The molecular formula is C20H20ClN5O2. The van der Waals surface area contributed by atoms with E-state index in [4.69, 9.17) is 11.6 Å². The minimum atomic E-state index is -0.368. The molecule has 0 fully saturated rings. The maximum Gasteiger partial charge on any atom is 0.278 e. The van der Waals surface area contributed by atoms with Crippen LogP contribution in [0.5, 0.6) is 0 Å². The molecule has 3 rings (SSSR count). The van der Waals surface area contributed by atoms with Crippen molar-refractivity contribution in [2.24, 2.45) is 0 Å². The van der Waals surface area contributed by atoms with E-state index in [9.17, 15) is 9.59 Å². The number of carbonyl (C=O) groups excluding carboxylic acids is 2. The van der Waals surface area contributed by atoms with Crippen molar-refractivity contribution in [2.75, 3.05) is 10.6 Å². The fraction of sp³-hybridized carbons (Fsp3) is 0.200. The maximum absolute atomic E-state index is 12.6. The number of nitrogens with zero attached hydrogens (tertiary/aromatic N) is 3. The first-order valence-electron chi connectivity index (χ1n) is 8.67. The van der Waals surface area contributed by atoms with E-state index in [1.165, 1.54) is 4.68 Å². The zero-order chi connectivity index (χ0) is 20.3. The summed E-state index contributed by atoms with van der Waals surface area (Å²) in [5, 5.41) is 14.0. The first-order chi connectivity index (χ1) is 13.3. The molecule has 8 heteroatoms. The Hall–Kier alpha value is -3.19. The van der Waals surface area contributed by atoms with Crippen molar-refractivity contribution in [1.29, 1.82) is 0 Å². The lowest BCUT2D eigenvalue weighted by molar-refractivity contribution is -0.117. The normalized spacial score (nSPS) is 10.6. The number of carbonyl (C=O) groups is 2. The largest absolute Gasteiger partial charge is 0.324 e. The van der Waals surface area contributed by atoms with Gasteiger partial charge in [0.1, 0.15) is 6.54 Å². The number of amides is 2. The van der Waals surface area contributed by atoms with Crippen LogP contribution in [0.25, 0.3) is 0 Å². The first kappa shape index (κ1) is 19.6. The fourth-order valence-corrected chi connectivity index (χ4v) is 2.87. The van der Waals surface area contributed by atoms with E-state index in [-0.39, 0.29) is 24.1 Å². The Labute approximate surface area is 167 Å².